The van der Waals surface area contributed by atoms with Crippen molar-refractivity contribution in [3.05, 3.63) is 0 Å². The first-order chi connectivity index (χ1) is 6.69. The molecule has 0 aromatic carbocycles. The van der Waals surface area contributed by atoms with E-state index in [0.717, 1.165) is 0 Å². The minimum absolute atomic E-state index is 0.406. The summed E-state index contributed by atoms with van der Waals surface area (Å²) in [6.07, 6.45) is 0. The molecule has 16 heavy (non-hydrogen) atoms. The topological polar surface area (TPSA) is 0 Å². The molecular weight excluding hydrogens is 350 g/mol. The van der Waals surface area contributed by atoms with Gasteiger partial charge in [-0.3, -0.25) is 0 Å². The molecule has 0 aromatic rings. The zero-order valence-corrected chi connectivity index (χ0v) is 18.6. The monoisotopic (exact) mass is 376 g/mol. The molecule has 0 amide bonds. The number of halogens is 2. The molecule has 0 aliphatic rings. The molecule has 0 heterocycles. The van der Waals surface area contributed by atoms with Gasteiger partial charge in [0.25, 0.3) is 0 Å². The SMILES string of the molecule is C[Si](C)(C)C([As](Cl)Cl)([Si](C)(C)C)[Si](C)(C)C. The van der Waals surface area contributed by atoms with Crippen LogP contribution in [0.2, 0.25) is 62.0 Å². The molecule has 0 unspecified atom stereocenters. The Morgan fingerprint density at radius 3 is 0.812 bits per heavy atom. The van der Waals surface area contributed by atoms with Crippen LogP contribution in [0.5, 0.6) is 0 Å². The summed E-state index contributed by atoms with van der Waals surface area (Å²) in [6.45, 7) is 22.3. The average Bonchev–Trinajstić information content (AvgIpc) is 1.71. The molecule has 0 atom stereocenters. The van der Waals surface area contributed by atoms with E-state index in [1.807, 2.05) is 0 Å². The molecule has 0 spiro atoms. The number of rotatable bonds is 4. The van der Waals surface area contributed by atoms with Gasteiger partial charge in [0.15, 0.2) is 0 Å². The van der Waals surface area contributed by atoms with Gasteiger partial charge in [0.1, 0.15) is 0 Å². The molecule has 0 rings (SSSR count). The van der Waals surface area contributed by atoms with E-state index in [4.69, 9.17) is 19.9 Å². The van der Waals surface area contributed by atoms with Crippen molar-refractivity contribution in [2.45, 2.75) is 62.0 Å². The van der Waals surface area contributed by atoms with E-state index in [9.17, 15) is 0 Å². The van der Waals surface area contributed by atoms with Crippen LogP contribution in [0.15, 0.2) is 0 Å². The zero-order chi connectivity index (χ0) is 13.6. The molecule has 0 saturated carbocycles. The summed E-state index contributed by atoms with van der Waals surface area (Å²) in [5.74, 6) is 0. The van der Waals surface area contributed by atoms with Crippen molar-refractivity contribution in [2.24, 2.45) is 0 Å². The predicted molar refractivity (Wildman–Crippen MR) is 90.2 cm³/mol. The third-order valence-electron chi connectivity index (χ3n) is 3.51. The van der Waals surface area contributed by atoms with Gasteiger partial charge in [0.2, 0.25) is 0 Å². The van der Waals surface area contributed by atoms with Crippen molar-refractivity contribution < 1.29 is 0 Å². The standard InChI is InChI=1S/C10H27AsCl2Si3/c1-14(2,3)10(11(12)13,15(4,5)6)16(7,8)9/h1-9H3. The molecule has 0 aromatic heterocycles. The first kappa shape index (κ1) is 17.8. The van der Waals surface area contributed by atoms with Gasteiger partial charge in [-0.2, -0.15) is 0 Å². The minimum atomic E-state index is -1.74. The first-order valence-electron chi connectivity index (χ1n) is 5.81. The van der Waals surface area contributed by atoms with Crippen LogP contribution in [0.4, 0.5) is 0 Å². The van der Waals surface area contributed by atoms with Crippen LogP contribution in [0, 0.1) is 0 Å². The van der Waals surface area contributed by atoms with Crippen LogP contribution in [0.1, 0.15) is 0 Å². The normalized spacial score (nSPS) is 15.8. The fourth-order valence-electron chi connectivity index (χ4n) is 4.14. The summed E-state index contributed by atoms with van der Waals surface area (Å²) in [7, 11) is 9.30. The molecule has 0 fully saturated rings. The second-order valence-electron chi connectivity index (χ2n) is 7.69. The number of hydrogen-bond acceptors (Lipinski definition) is 0. The molecule has 0 radical (unpaired) electrons. The fraction of sp³-hybridized carbons (Fsp3) is 1.00. The van der Waals surface area contributed by atoms with Crippen molar-refractivity contribution in [1.29, 1.82) is 0 Å². The maximum atomic E-state index is 6.67. The Balaban J connectivity index is 6.05. The van der Waals surface area contributed by atoms with Gasteiger partial charge in [-0.1, -0.05) is 0 Å². The number of hydrogen-bond donors (Lipinski definition) is 0. The molecule has 0 bridgehead atoms. The van der Waals surface area contributed by atoms with E-state index >= 15 is 0 Å². The molecule has 98 valence electrons. The second kappa shape index (κ2) is 5.05. The van der Waals surface area contributed by atoms with Crippen molar-refractivity contribution in [2.75, 3.05) is 0 Å². The zero-order valence-electron chi connectivity index (χ0n) is 12.2. The van der Waals surface area contributed by atoms with Crippen LogP contribution in [0.3, 0.4) is 0 Å². The Morgan fingerprint density at radius 1 is 0.625 bits per heavy atom. The van der Waals surface area contributed by atoms with Crippen LogP contribution in [-0.2, 0) is 0 Å². The second-order valence-corrected chi connectivity index (χ2v) is 34.5. The molecule has 0 aliphatic carbocycles. The van der Waals surface area contributed by atoms with Crippen LogP contribution >= 0.6 is 19.9 Å². The molecular formula is C10H27AsCl2Si3. The first-order valence-corrected chi connectivity index (χ1v) is 22.2. The predicted octanol–water partition coefficient (Wildman–Crippen LogP) is 5.32. The van der Waals surface area contributed by atoms with Crippen LogP contribution in [0.25, 0.3) is 0 Å². The van der Waals surface area contributed by atoms with Crippen LogP contribution in [-0.4, -0.2) is 37.0 Å². The van der Waals surface area contributed by atoms with Gasteiger partial charge in [0.05, 0.1) is 0 Å². The van der Waals surface area contributed by atoms with E-state index in [1.165, 1.54) is 0 Å². The van der Waals surface area contributed by atoms with Crippen molar-refractivity contribution in [3.8, 4) is 0 Å². The Bertz CT molecular complexity index is 212. The molecule has 0 N–H and O–H groups in total. The van der Waals surface area contributed by atoms with E-state index < -0.39 is 37.0 Å². The summed E-state index contributed by atoms with van der Waals surface area (Å²) in [5.41, 5.74) is 0. The molecule has 6 heteroatoms. The van der Waals surface area contributed by atoms with E-state index in [0.29, 0.717) is 3.07 Å². The summed E-state index contributed by atoms with van der Waals surface area (Å²) in [4.78, 5) is 0. The van der Waals surface area contributed by atoms with Crippen molar-refractivity contribution in [3.63, 3.8) is 0 Å². The Kier molecular flexibility index (Phi) is 5.61. The van der Waals surface area contributed by atoms with Crippen molar-refractivity contribution in [1.82, 2.24) is 0 Å². The average molecular weight is 377 g/mol. The van der Waals surface area contributed by atoms with E-state index in [2.05, 4.69) is 58.9 Å². The maximum absolute atomic E-state index is 6.67. The fourth-order valence-corrected chi connectivity index (χ4v) is 65.9. The van der Waals surface area contributed by atoms with Gasteiger partial charge in [-0.25, -0.2) is 0 Å². The molecule has 0 aliphatic heterocycles. The Labute approximate surface area is 118 Å². The summed E-state index contributed by atoms with van der Waals surface area (Å²) < 4.78 is 0.406. The summed E-state index contributed by atoms with van der Waals surface area (Å²) in [6, 6.07) is 0. The molecule has 0 nitrogen and oxygen atoms in total. The van der Waals surface area contributed by atoms with Gasteiger partial charge in [-0.05, 0) is 0 Å². The van der Waals surface area contributed by atoms with E-state index in [-0.39, 0.29) is 0 Å². The van der Waals surface area contributed by atoms with Gasteiger partial charge in [0, 0.05) is 0 Å². The van der Waals surface area contributed by atoms with Gasteiger partial charge >= 0.3 is 119 Å². The Hall–Kier alpha value is 1.79. The summed E-state index contributed by atoms with van der Waals surface area (Å²) >= 11 is -1.74. The quantitative estimate of drug-likeness (QED) is 0.582. The third-order valence-corrected chi connectivity index (χ3v) is 47.8. The molecule has 0 saturated heterocycles. The van der Waals surface area contributed by atoms with Crippen LogP contribution < -0.4 is 0 Å². The van der Waals surface area contributed by atoms with Gasteiger partial charge in [-0.15, -0.1) is 0 Å². The van der Waals surface area contributed by atoms with Crippen molar-refractivity contribution >= 4 is 56.9 Å². The summed E-state index contributed by atoms with van der Waals surface area (Å²) in [5, 5.41) is 0. The van der Waals surface area contributed by atoms with Gasteiger partial charge < -0.3 is 0 Å². The Morgan fingerprint density at radius 2 is 0.812 bits per heavy atom. The third kappa shape index (κ3) is 2.85. The van der Waals surface area contributed by atoms with E-state index in [1.54, 1.807) is 0 Å².